The third-order valence-electron chi connectivity index (χ3n) is 2.53. The number of thioether (sulfide) groups is 1. The maximum absolute atomic E-state index is 11.6. The van der Waals surface area contributed by atoms with Gasteiger partial charge in [-0.2, -0.15) is 0 Å². The molecule has 0 saturated carbocycles. The number of hydrogen-bond acceptors (Lipinski definition) is 5. The number of benzene rings is 1. The summed E-state index contributed by atoms with van der Waals surface area (Å²) in [5.41, 5.74) is 1.15. The molecule has 2 rings (SSSR count). The Morgan fingerprint density at radius 1 is 1.33 bits per heavy atom. The third-order valence-corrected chi connectivity index (χ3v) is 4.10. The quantitative estimate of drug-likeness (QED) is 0.352. The van der Waals surface area contributed by atoms with Gasteiger partial charge in [0, 0.05) is 17.0 Å². The van der Waals surface area contributed by atoms with E-state index in [1.807, 2.05) is 24.3 Å². The van der Waals surface area contributed by atoms with Crippen LogP contribution in [0.4, 0.5) is 0 Å². The molecule has 0 radical (unpaired) electrons. The lowest BCUT2D eigenvalue weighted by Gasteiger charge is -2.06. The number of hydrogen-bond donors (Lipinski definition) is 0. The summed E-state index contributed by atoms with van der Waals surface area (Å²) < 4.78 is 4.87. The molecule has 0 unspecified atom stereocenters. The average molecular weight is 343 g/mol. The second kappa shape index (κ2) is 7.64. The summed E-state index contributed by atoms with van der Waals surface area (Å²) in [5.74, 6) is 0.0968. The molecule has 110 valence electrons. The van der Waals surface area contributed by atoms with Gasteiger partial charge < -0.3 is 4.74 Å². The molecule has 2 aromatic rings. The zero-order chi connectivity index (χ0) is 15.2. The highest BCUT2D eigenvalue weighted by molar-refractivity contribution is 7.98. The van der Waals surface area contributed by atoms with Gasteiger partial charge in [-0.15, -0.1) is 0 Å². The van der Waals surface area contributed by atoms with Crippen molar-refractivity contribution in [3.8, 4) is 0 Å². The number of carbonyl (C=O) groups is 1. The minimum absolute atomic E-state index is 0.0881. The first-order valence-corrected chi connectivity index (χ1v) is 7.91. The Hall–Kier alpha value is -1.30. The van der Waals surface area contributed by atoms with Crippen LogP contribution in [0.3, 0.4) is 0 Å². The maximum atomic E-state index is 11.6. The van der Waals surface area contributed by atoms with Crippen molar-refractivity contribution in [3.63, 3.8) is 0 Å². The van der Waals surface area contributed by atoms with Crippen LogP contribution < -0.4 is 0 Å². The van der Waals surface area contributed by atoms with Gasteiger partial charge in [-0.1, -0.05) is 53.2 Å². The van der Waals surface area contributed by atoms with Crippen molar-refractivity contribution in [1.29, 1.82) is 0 Å². The van der Waals surface area contributed by atoms with Crippen LogP contribution >= 0.6 is 35.0 Å². The lowest BCUT2D eigenvalue weighted by molar-refractivity contribution is 0.0525. The van der Waals surface area contributed by atoms with Crippen LogP contribution in [-0.4, -0.2) is 22.5 Å². The monoisotopic (exact) mass is 342 g/mol. The molecule has 1 aromatic heterocycles. The van der Waals surface area contributed by atoms with Crippen molar-refractivity contribution in [2.24, 2.45) is 0 Å². The van der Waals surface area contributed by atoms with Gasteiger partial charge in [0.25, 0.3) is 0 Å². The normalized spacial score (nSPS) is 10.4. The van der Waals surface area contributed by atoms with Crippen molar-refractivity contribution < 1.29 is 9.53 Å². The number of esters is 1. The molecule has 0 saturated heterocycles. The van der Waals surface area contributed by atoms with Gasteiger partial charge in [0.15, 0.2) is 5.16 Å². The van der Waals surface area contributed by atoms with Crippen molar-refractivity contribution in [3.05, 3.63) is 51.8 Å². The molecule has 21 heavy (non-hydrogen) atoms. The fourth-order valence-electron chi connectivity index (χ4n) is 1.52. The molecule has 1 heterocycles. The van der Waals surface area contributed by atoms with Crippen LogP contribution in [0.15, 0.2) is 35.6 Å². The van der Waals surface area contributed by atoms with Crippen LogP contribution in [-0.2, 0) is 10.5 Å². The molecule has 0 amide bonds. The Bertz CT molecular complexity index is 653. The van der Waals surface area contributed by atoms with Crippen molar-refractivity contribution >= 4 is 40.9 Å². The first kappa shape index (κ1) is 16.1. The lowest BCUT2D eigenvalue weighted by Crippen LogP contribution is -2.07. The van der Waals surface area contributed by atoms with Crippen LogP contribution in [0.2, 0.25) is 10.2 Å². The van der Waals surface area contributed by atoms with Gasteiger partial charge in [-0.3, -0.25) is 0 Å². The molecular weight excluding hydrogens is 331 g/mol. The second-order valence-corrected chi connectivity index (χ2v) is 5.67. The van der Waals surface area contributed by atoms with E-state index in [1.54, 1.807) is 6.92 Å². The summed E-state index contributed by atoms with van der Waals surface area (Å²) in [4.78, 5) is 19.8. The second-order valence-electron chi connectivity index (χ2n) is 3.96. The summed E-state index contributed by atoms with van der Waals surface area (Å²) in [6, 6.07) is 7.55. The number of nitrogens with zero attached hydrogens (tertiary/aromatic N) is 2. The summed E-state index contributed by atoms with van der Waals surface area (Å²) in [5, 5.41) is 1.26. The number of halogens is 2. The standard InChI is InChI=1S/C14H12Cl2N2O2S/c1-2-20-13(19)10-7-17-14(18-12(10)16)21-8-9-5-3-4-6-11(9)15/h3-7H,2,8H2,1H3. The first-order valence-electron chi connectivity index (χ1n) is 6.17. The van der Waals surface area contributed by atoms with Gasteiger partial charge in [-0.25, -0.2) is 14.8 Å². The fourth-order valence-corrected chi connectivity index (χ4v) is 2.88. The van der Waals surface area contributed by atoms with E-state index in [-0.39, 0.29) is 17.3 Å². The van der Waals surface area contributed by atoms with E-state index in [2.05, 4.69) is 9.97 Å². The van der Waals surface area contributed by atoms with E-state index in [0.717, 1.165) is 5.56 Å². The smallest absolute Gasteiger partial charge is 0.342 e. The van der Waals surface area contributed by atoms with E-state index in [0.29, 0.717) is 15.9 Å². The highest BCUT2D eigenvalue weighted by Crippen LogP contribution is 2.25. The number of ether oxygens (including phenoxy) is 1. The molecule has 0 fully saturated rings. The molecular formula is C14H12Cl2N2O2S. The van der Waals surface area contributed by atoms with Crippen LogP contribution in [0.5, 0.6) is 0 Å². The largest absolute Gasteiger partial charge is 0.462 e. The van der Waals surface area contributed by atoms with Crippen LogP contribution in [0, 0.1) is 0 Å². The van der Waals surface area contributed by atoms with Crippen molar-refractivity contribution in [2.45, 2.75) is 17.8 Å². The Morgan fingerprint density at radius 2 is 2.10 bits per heavy atom. The van der Waals surface area contributed by atoms with E-state index >= 15 is 0 Å². The minimum atomic E-state index is -0.523. The van der Waals surface area contributed by atoms with Gasteiger partial charge in [0.1, 0.15) is 10.7 Å². The zero-order valence-corrected chi connectivity index (χ0v) is 13.5. The summed E-state index contributed by atoms with van der Waals surface area (Å²) >= 11 is 13.5. The van der Waals surface area contributed by atoms with Crippen LogP contribution in [0.1, 0.15) is 22.8 Å². The van der Waals surface area contributed by atoms with E-state index in [4.69, 9.17) is 27.9 Å². The van der Waals surface area contributed by atoms with Crippen molar-refractivity contribution in [2.75, 3.05) is 6.61 Å². The topological polar surface area (TPSA) is 52.1 Å². The predicted octanol–water partition coefficient (Wildman–Crippen LogP) is 4.25. The summed E-state index contributed by atoms with van der Waals surface area (Å²) in [6.07, 6.45) is 1.38. The number of rotatable bonds is 5. The van der Waals surface area contributed by atoms with E-state index in [1.165, 1.54) is 18.0 Å². The van der Waals surface area contributed by atoms with Crippen LogP contribution in [0.25, 0.3) is 0 Å². The Kier molecular flexibility index (Phi) is 5.85. The Morgan fingerprint density at radius 3 is 2.76 bits per heavy atom. The summed E-state index contributed by atoms with van der Waals surface area (Å²) in [6.45, 7) is 2.00. The van der Waals surface area contributed by atoms with Gasteiger partial charge in [-0.05, 0) is 18.6 Å². The predicted molar refractivity (Wildman–Crippen MR) is 84.0 cm³/mol. The zero-order valence-electron chi connectivity index (χ0n) is 11.2. The highest BCUT2D eigenvalue weighted by atomic mass is 35.5. The maximum Gasteiger partial charge on any atom is 0.342 e. The molecule has 0 aliphatic carbocycles. The van der Waals surface area contributed by atoms with E-state index < -0.39 is 5.97 Å². The number of aromatic nitrogens is 2. The lowest BCUT2D eigenvalue weighted by atomic mass is 10.2. The fraction of sp³-hybridized carbons (Fsp3) is 0.214. The minimum Gasteiger partial charge on any atom is -0.462 e. The molecule has 0 N–H and O–H groups in total. The molecule has 4 nitrogen and oxygen atoms in total. The summed E-state index contributed by atoms with van der Waals surface area (Å²) in [7, 11) is 0. The molecule has 7 heteroatoms. The average Bonchev–Trinajstić information content (AvgIpc) is 2.46. The Labute approximate surface area is 136 Å². The first-order chi connectivity index (χ1) is 10.1. The third kappa shape index (κ3) is 4.33. The van der Waals surface area contributed by atoms with Crippen molar-refractivity contribution in [1.82, 2.24) is 9.97 Å². The molecule has 0 atom stereocenters. The molecule has 0 aliphatic rings. The van der Waals surface area contributed by atoms with E-state index in [9.17, 15) is 4.79 Å². The van der Waals surface area contributed by atoms with Gasteiger partial charge >= 0.3 is 5.97 Å². The number of carbonyl (C=O) groups excluding carboxylic acids is 1. The molecule has 1 aromatic carbocycles. The van der Waals surface area contributed by atoms with Gasteiger partial charge in [0.05, 0.1) is 6.61 Å². The molecule has 0 aliphatic heterocycles. The highest BCUT2D eigenvalue weighted by Gasteiger charge is 2.14. The SMILES string of the molecule is CCOC(=O)c1cnc(SCc2ccccc2Cl)nc1Cl. The molecule has 0 bridgehead atoms. The van der Waals surface area contributed by atoms with Gasteiger partial charge in [0.2, 0.25) is 0 Å². The molecule has 0 spiro atoms. The Balaban J connectivity index is 2.07.